The average Bonchev–Trinajstić information content (AvgIpc) is 3.50. The lowest BCUT2D eigenvalue weighted by Crippen LogP contribution is -2.30. The summed E-state index contributed by atoms with van der Waals surface area (Å²) >= 11 is 0. The molecule has 0 saturated heterocycles. The van der Waals surface area contributed by atoms with Crippen LogP contribution in [0.3, 0.4) is 0 Å². The first-order valence-corrected chi connectivity index (χ1v) is 10.5. The minimum absolute atomic E-state index is 0.101. The first-order chi connectivity index (χ1) is 14.5. The lowest BCUT2D eigenvalue weighted by molar-refractivity contribution is -0.152. The summed E-state index contributed by atoms with van der Waals surface area (Å²) < 4.78 is 5.23. The summed E-state index contributed by atoms with van der Waals surface area (Å²) in [5.74, 6) is -1.26. The lowest BCUT2D eigenvalue weighted by Gasteiger charge is -2.27. The van der Waals surface area contributed by atoms with Crippen LogP contribution < -0.4 is 5.48 Å². The Morgan fingerprint density at radius 2 is 2.00 bits per heavy atom. The fourth-order valence-corrected chi connectivity index (χ4v) is 4.93. The third-order valence-corrected chi connectivity index (χ3v) is 6.54. The van der Waals surface area contributed by atoms with Crippen LogP contribution in [0.5, 0.6) is 5.75 Å². The van der Waals surface area contributed by atoms with E-state index in [0.717, 1.165) is 30.4 Å². The number of ether oxygens (including phenoxy) is 1. The Balaban J connectivity index is 1.65. The first kappa shape index (κ1) is 20.4. The van der Waals surface area contributed by atoms with Crippen LogP contribution in [0.25, 0.3) is 0 Å². The van der Waals surface area contributed by atoms with Gasteiger partial charge in [-0.3, -0.25) is 14.8 Å². The summed E-state index contributed by atoms with van der Waals surface area (Å²) in [6.07, 6.45) is 3.70. The van der Waals surface area contributed by atoms with Crippen molar-refractivity contribution in [1.82, 2.24) is 5.48 Å². The zero-order valence-electron chi connectivity index (χ0n) is 17.1. The smallest absolute Gasteiger partial charge is 0.313 e. The third kappa shape index (κ3) is 3.56. The second kappa shape index (κ2) is 8.11. The molecule has 158 valence electrons. The number of aryl methyl sites for hydroxylation is 1. The molecular formula is C24H27NO5. The molecule has 2 aliphatic carbocycles. The fourth-order valence-electron chi connectivity index (χ4n) is 4.93. The largest absolute Gasteiger partial charge is 0.508 e. The van der Waals surface area contributed by atoms with Gasteiger partial charge in [-0.2, -0.15) is 0 Å². The number of fused-ring (bicyclic) bond motifs is 1. The second-order valence-corrected chi connectivity index (χ2v) is 8.32. The van der Waals surface area contributed by atoms with Crippen molar-refractivity contribution < 1.29 is 24.6 Å². The van der Waals surface area contributed by atoms with Crippen molar-refractivity contribution in [3.63, 3.8) is 0 Å². The molecule has 0 aliphatic heterocycles. The molecule has 0 spiro atoms. The van der Waals surface area contributed by atoms with E-state index in [1.807, 2.05) is 18.2 Å². The van der Waals surface area contributed by atoms with Crippen molar-refractivity contribution in [2.75, 3.05) is 6.61 Å². The summed E-state index contributed by atoms with van der Waals surface area (Å²) in [6.45, 7) is 1.96. The van der Waals surface area contributed by atoms with Gasteiger partial charge in [0.1, 0.15) is 5.75 Å². The Labute approximate surface area is 175 Å². The molecule has 1 fully saturated rings. The highest BCUT2D eigenvalue weighted by Gasteiger charge is 2.64. The highest BCUT2D eigenvalue weighted by atomic mass is 16.5. The number of phenols is 1. The van der Waals surface area contributed by atoms with E-state index in [0.29, 0.717) is 12.8 Å². The maximum Gasteiger partial charge on any atom is 0.313 e. The summed E-state index contributed by atoms with van der Waals surface area (Å²) in [5.41, 5.74) is 4.95. The SMILES string of the molecule is CCOC(=O)C1(Cc2ccc(O)c(C3CCCc4ccccc43)c2)CC1C(=O)NO. The van der Waals surface area contributed by atoms with Crippen LogP contribution in [0.4, 0.5) is 0 Å². The highest BCUT2D eigenvalue weighted by Crippen LogP contribution is 2.56. The lowest BCUT2D eigenvalue weighted by atomic mass is 9.78. The molecule has 3 N–H and O–H groups in total. The van der Waals surface area contributed by atoms with Gasteiger partial charge in [0.05, 0.1) is 17.9 Å². The van der Waals surface area contributed by atoms with E-state index in [1.54, 1.807) is 24.5 Å². The molecule has 6 heteroatoms. The Morgan fingerprint density at radius 1 is 1.20 bits per heavy atom. The molecule has 2 aliphatic rings. The molecule has 4 rings (SSSR count). The summed E-state index contributed by atoms with van der Waals surface area (Å²) in [4.78, 5) is 24.6. The first-order valence-electron chi connectivity index (χ1n) is 10.5. The zero-order valence-corrected chi connectivity index (χ0v) is 17.1. The molecule has 2 aromatic rings. The Hall–Kier alpha value is -2.86. The van der Waals surface area contributed by atoms with E-state index in [9.17, 15) is 14.7 Å². The van der Waals surface area contributed by atoms with Gasteiger partial charge in [0.2, 0.25) is 5.91 Å². The number of esters is 1. The zero-order chi connectivity index (χ0) is 21.3. The van der Waals surface area contributed by atoms with E-state index in [4.69, 9.17) is 9.94 Å². The number of carbonyl (C=O) groups excluding carboxylic acids is 2. The number of hydrogen-bond donors (Lipinski definition) is 3. The average molecular weight is 409 g/mol. The summed E-state index contributed by atoms with van der Waals surface area (Å²) in [5, 5.41) is 19.6. The van der Waals surface area contributed by atoms with Gasteiger partial charge in [-0.1, -0.05) is 36.4 Å². The van der Waals surface area contributed by atoms with Crippen molar-refractivity contribution in [1.29, 1.82) is 0 Å². The van der Waals surface area contributed by atoms with Crippen LogP contribution in [-0.2, 0) is 27.2 Å². The van der Waals surface area contributed by atoms with Crippen molar-refractivity contribution in [2.45, 2.75) is 44.9 Å². The van der Waals surface area contributed by atoms with E-state index in [2.05, 4.69) is 12.1 Å². The minimum Gasteiger partial charge on any atom is -0.508 e. The summed E-state index contributed by atoms with van der Waals surface area (Å²) in [7, 11) is 0. The molecule has 3 atom stereocenters. The van der Waals surface area contributed by atoms with Gasteiger partial charge in [0, 0.05) is 11.5 Å². The van der Waals surface area contributed by atoms with Gasteiger partial charge in [-0.25, -0.2) is 5.48 Å². The Kier molecular flexibility index (Phi) is 5.52. The molecule has 30 heavy (non-hydrogen) atoms. The molecule has 3 unspecified atom stereocenters. The van der Waals surface area contributed by atoms with Crippen LogP contribution in [0.2, 0.25) is 0 Å². The van der Waals surface area contributed by atoms with Gasteiger partial charge in [-0.15, -0.1) is 0 Å². The van der Waals surface area contributed by atoms with Gasteiger partial charge in [0.25, 0.3) is 0 Å². The van der Waals surface area contributed by atoms with Crippen molar-refractivity contribution in [2.24, 2.45) is 11.3 Å². The molecular weight excluding hydrogens is 382 g/mol. The van der Waals surface area contributed by atoms with Crippen LogP contribution in [0, 0.1) is 11.3 Å². The van der Waals surface area contributed by atoms with Crippen molar-refractivity contribution >= 4 is 11.9 Å². The fraction of sp³-hybridized carbons (Fsp3) is 0.417. The number of amides is 1. The maximum atomic E-state index is 12.6. The molecule has 1 saturated carbocycles. The molecule has 0 radical (unpaired) electrons. The van der Waals surface area contributed by atoms with Crippen LogP contribution >= 0.6 is 0 Å². The standard InChI is InChI=1S/C24H27NO5/c1-2-30-23(28)24(14-20(24)22(27)25-29)13-15-10-11-21(26)19(12-15)18-9-5-7-16-6-3-4-8-17(16)18/h3-4,6,8,10-12,18,20,26,29H,2,5,7,9,13-14H2,1H3,(H,25,27). The minimum atomic E-state index is -0.971. The molecule has 0 bridgehead atoms. The van der Waals surface area contributed by atoms with E-state index >= 15 is 0 Å². The van der Waals surface area contributed by atoms with Gasteiger partial charge in [0.15, 0.2) is 0 Å². The van der Waals surface area contributed by atoms with E-state index < -0.39 is 23.2 Å². The number of phenolic OH excluding ortho intramolecular Hbond substituents is 1. The monoisotopic (exact) mass is 409 g/mol. The Bertz CT molecular complexity index is 972. The normalized spacial score (nSPS) is 24.6. The predicted octanol–water partition coefficient (Wildman–Crippen LogP) is 3.48. The second-order valence-electron chi connectivity index (χ2n) is 8.32. The molecule has 0 aromatic heterocycles. The topological polar surface area (TPSA) is 95.9 Å². The van der Waals surface area contributed by atoms with E-state index in [1.165, 1.54) is 11.1 Å². The number of hydroxylamine groups is 1. The predicted molar refractivity (Wildman–Crippen MR) is 110 cm³/mol. The number of benzene rings is 2. The number of rotatable bonds is 6. The molecule has 1 amide bonds. The third-order valence-electron chi connectivity index (χ3n) is 6.54. The molecule has 0 heterocycles. The van der Waals surface area contributed by atoms with Crippen LogP contribution in [-0.4, -0.2) is 28.8 Å². The Morgan fingerprint density at radius 3 is 2.77 bits per heavy atom. The van der Waals surface area contributed by atoms with Crippen LogP contribution in [0.15, 0.2) is 42.5 Å². The number of nitrogens with one attached hydrogen (secondary N) is 1. The van der Waals surface area contributed by atoms with Gasteiger partial charge >= 0.3 is 5.97 Å². The highest BCUT2D eigenvalue weighted by molar-refractivity contribution is 5.93. The summed E-state index contributed by atoms with van der Waals surface area (Å²) in [6, 6.07) is 13.7. The van der Waals surface area contributed by atoms with Gasteiger partial charge in [-0.05, 0) is 61.8 Å². The number of hydrogen-bond acceptors (Lipinski definition) is 5. The number of carbonyl (C=O) groups is 2. The van der Waals surface area contributed by atoms with E-state index in [-0.39, 0.29) is 18.3 Å². The number of aromatic hydroxyl groups is 1. The molecule has 6 nitrogen and oxygen atoms in total. The van der Waals surface area contributed by atoms with Crippen molar-refractivity contribution in [3.8, 4) is 5.75 Å². The van der Waals surface area contributed by atoms with Gasteiger partial charge < -0.3 is 9.84 Å². The molecule has 2 aromatic carbocycles. The quantitative estimate of drug-likeness (QED) is 0.386. The maximum absolute atomic E-state index is 12.6. The van der Waals surface area contributed by atoms with Crippen LogP contribution in [0.1, 0.15) is 54.4 Å². The van der Waals surface area contributed by atoms with Crippen molar-refractivity contribution in [3.05, 3.63) is 64.7 Å².